The summed E-state index contributed by atoms with van der Waals surface area (Å²) in [5.74, 6) is -0.0556. The van der Waals surface area contributed by atoms with Crippen LogP contribution in [0.1, 0.15) is 47.5 Å². The summed E-state index contributed by atoms with van der Waals surface area (Å²) in [5.41, 5.74) is -0.0583. The Labute approximate surface area is 122 Å². The molecule has 20 heavy (non-hydrogen) atoms. The molecule has 1 saturated heterocycles. The van der Waals surface area contributed by atoms with Crippen LogP contribution in [-0.2, 0) is 9.59 Å². The fourth-order valence-electron chi connectivity index (χ4n) is 2.70. The molecule has 5 heteroatoms. The molecule has 0 aromatic carbocycles. The second-order valence-corrected chi connectivity index (χ2v) is 6.55. The van der Waals surface area contributed by atoms with E-state index in [9.17, 15) is 9.59 Å². The minimum absolute atomic E-state index is 0.0381. The quantitative estimate of drug-likeness (QED) is 0.795. The van der Waals surface area contributed by atoms with Gasteiger partial charge in [0.25, 0.3) is 0 Å². The third-order valence-corrected chi connectivity index (χ3v) is 3.85. The van der Waals surface area contributed by atoms with Crippen molar-refractivity contribution in [3.63, 3.8) is 0 Å². The van der Waals surface area contributed by atoms with E-state index in [2.05, 4.69) is 24.5 Å². The molecule has 0 bridgehead atoms. The first-order valence-electron chi connectivity index (χ1n) is 7.59. The highest BCUT2D eigenvalue weighted by Crippen LogP contribution is 2.31. The molecule has 1 heterocycles. The average Bonchev–Trinajstić information content (AvgIpc) is 2.33. The van der Waals surface area contributed by atoms with E-state index in [0.717, 1.165) is 19.4 Å². The fourth-order valence-corrected chi connectivity index (χ4v) is 2.70. The van der Waals surface area contributed by atoms with Gasteiger partial charge in [-0.2, -0.15) is 0 Å². The summed E-state index contributed by atoms with van der Waals surface area (Å²) in [5, 5.41) is 6.15. The number of carbonyl (C=O) groups is 2. The Bertz CT molecular complexity index is 353. The summed E-state index contributed by atoms with van der Waals surface area (Å²) in [6.07, 6.45) is 2.13. The molecule has 1 aliphatic heterocycles. The molecule has 2 N–H and O–H groups in total. The molecule has 1 atom stereocenters. The van der Waals surface area contributed by atoms with Gasteiger partial charge in [-0.3, -0.25) is 9.59 Å². The van der Waals surface area contributed by atoms with Gasteiger partial charge in [0.2, 0.25) is 11.8 Å². The molecule has 5 nitrogen and oxygen atoms in total. The molecule has 1 aliphatic rings. The number of likely N-dealkylation sites (N-methyl/N-ethyl adjacent to an activating group) is 1. The lowest BCUT2D eigenvalue weighted by molar-refractivity contribution is -0.140. The summed E-state index contributed by atoms with van der Waals surface area (Å²) in [4.78, 5) is 26.1. The maximum atomic E-state index is 12.6. The second kappa shape index (κ2) is 7.07. The van der Waals surface area contributed by atoms with Gasteiger partial charge in [-0.1, -0.05) is 13.8 Å². The number of piperidine rings is 1. The van der Waals surface area contributed by atoms with Crippen molar-refractivity contribution >= 4 is 11.8 Å². The summed E-state index contributed by atoms with van der Waals surface area (Å²) < 4.78 is 0. The third kappa shape index (κ3) is 4.47. The Morgan fingerprint density at radius 1 is 1.40 bits per heavy atom. The van der Waals surface area contributed by atoms with E-state index < -0.39 is 0 Å². The largest absolute Gasteiger partial charge is 0.352 e. The van der Waals surface area contributed by atoms with E-state index in [0.29, 0.717) is 6.54 Å². The molecule has 2 amide bonds. The third-order valence-electron chi connectivity index (χ3n) is 3.85. The van der Waals surface area contributed by atoms with Gasteiger partial charge < -0.3 is 15.5 Å². The highest BCUT2D eigenvalue weighted by molar-refractivity contribution is 5.88. The van der Waals surface area contributed by atoms with Gasteiger partial charge in [0.1, 0.15) is 0 Å². The van der Waals surface area contributed by atoms with Crippen LogP contribution in [0.25, 0.3) is 0 Å². The Morgan fingerprint density at radius 2 is 2.05 bits per heavy atom. The van der Waals surface area contributed by atoms with Gasteiger partial charge in [-0.25, -0.2) is 0 Å². The van der Waals surface area contributed by atoms with E-state index in [4.69, 9.17) is 0 Å². The van der Waals surface area contributed by atoms with Crippen molar-refractivity contribution in [2.75, 3.05) is 19.6 Å². The van der Waals surface area contributed by atoms with Gasteiger partial charge in [-0.05, 0) is 45.6 Å². The average molecular weight is 283 g/mol. The van der Waals surface area contributed by atoms with E-state index in [1.54, 1.807) is 4.90 Å². The summed E-state index contributed by atoms with van der Waals surface area (Å²) in [7, 11) is 0. The lowest BCUT2D eigenvalue weighted by Gasteiger charge is -2.40. The van der Waals surface area contributed by atoms with E-state index >= 15 is 0 Å². The van der Waals surface area contributed by atoms with Crippen molar-refractivity contribution in [3.8, 4) is 0 Å². The van der Waals surface area contributed by atoms with Crippen LogP contribution in [0.5, 0.6) is 0 Å². The first-order chi connectivity index (χ1) is 9.27. The number of amides is 2. The zero-order valence-corrected chi connectivity index (χ0v) is 13.5. The van der Waals surface area contributed by atoms with Gasteiger partial charge in [0.05, 0.1) is 12.6 Å². The highest BCUT2D eigenvalue weighted by Gasteiger charge is 2.39. The van der Waals surface area contributed by atoms with Crippen LogP contribution in [0.4, 0.5) is 0 Å². The van der Waals surface area contributed by atoms with Crippen molar-refractivity contribution in [3.05, 3.63) is 0 Å². The molecule has 1 unspecified atom stereocenters. The predicted molar refractivity (Wildman–Crippen MR) is 80.3 cm³/mol. The summed E-state index contributed by atoms with van der Waals surface area (Å²) in [6.45, 7) is 11.5. The van der Waals surface area contributed by atoms with Crippen LogP contribution in [0.2, 0.25) is 0 Å². The molecule has 1 fully saturated rings. The standard InChI is InChI=1S/C15H29N3O2/c1-6-18(10-12(19)17-11(2)3)14(20)13-15(4,5)8-7-9-16-13/h11,13,16H,6-10H2,1-5H3,(H,17,19). The van der Waals surface area contributed by atoms with Gasteiger partial charge in [-0.15, -0.1) is 0 Å². The normalized spacial score (nSPS) is 21.6. The predicted octanol–water partition coefficient (Wildman–Crippen LogP) is 1.14. The Balaban J connectivity index is 2.68. The molecule has 0 radical (unpaired) electrons. The molecule has 0 aromatic heterocycles. The van der Waals surface area contributed by atoms with E-state index in [1.165, 1.54) is 0 Å². The maximum absolute atomic E-state index is 12.6. The highest BCUT2D eigenvalue weighted by atomic mass is 16.2. The monoisotopic (exact) mass is 283 g/mol. The van der Waals surface area contributed by atoms with Gasteiger partial charge in [0, 0.05) is 12.6 Å². The zero-order chi connectivity index (χ0) is 15.3. The van der Waals surface area contributed by atoms with Crippen LogP contribution < -0.4 is 10.6 Å². The van der Waals surface area contributed by atoms with E-state index in [1.807, 2.05) is 20.8 Å². The summed E-state index contributed by atoms with van der Waals surface area (Å²) >= 11 is 0. The number of hydrogen-bond acceptors (Lipinski definition) is 3. The zero-order valence-electron chi connectivity index (χ0n) is 13.5. The molecule has 0 aliphatic carbocycles. The molecule has 0 spiro atoms. The minimum atomic E-state index is -0.192. The Morgan fingerprint density at radius 3 is 2.55 bits per heavy atom. The number of carbonyl (C=O) groups excluding carboxylic acids is 2. The van der Waals surface area contributed by atoms with Crippen LogP contribution in [0.3, 0.4) is 0 Å². The van der Waals surface area contributed by atoms with E-state index in [-0.39, 0.29) is 35.9 Å². The van der Waals surface area contributed by atoms with Crippen LogP contribution in [0, 0.1) is 5.41 Å². The van der Waals surface area contributed by atoms with Crippen molar-refractivity contribution in [2.45, 2.75) is 59.5 Å². The first kappa shape index (κ1) is 17.0. The maximum Gasteiger partial charge on any atom is 0.240 e. The van der Waals surface area contributed by atoms with Crippen LogP contribution in [0.15, 0.2) is 0 Å². The number of nitrogens with zero attached hydrogens (tertiary/aromatic N) is 1. The molecule has 1 rings (SSSR count). The van der Waals surface area contributed by atoms with Crippen LogP contribution in [-0.4, -0.2) is 48.4 Å². The van der Waals surface area contributed by atoms with Gasteiger partial charge in [0.15, 0.2) is 0 Å². The van der Waals surface area contributed by atoms with Crippen molar-refractivity contribution in [1.29, 1.82) is 0 Å². The van der Waals surface area contributed by atoms with Crippen molar-refractivity contribution < 1.29 is 9.59 Å². The lowest BCUT2D eigenvalue weighted by atomic mass is 9.77. The molecule has 0 saturated carbocycles. The Hall–Kier alpha value is -1.10. The fraction of sp³-hybridized carbons (Fsp3) is 0.867. The topological polar surface area (TPSA) is 61.4 Å². The smallest absolute Gasteiger partial charge is 0.240 e. The SMILES string of the molecule is CCN(CC(=O)NC(C)C)C(=O)C1NCCCC1(C)C. The summed E-state index contributed by atoms with van der Waals surface area (Å²) in [6, 6.07) is -0.0939. The molecular weight excluding hydrogens is 254 g/mol. The second-order valence-electron chi connectivity index (χ2n) is 6.55. The molecule has 116 valence electrons. The van der Waals surface area contributed by atoms with Crippen LogP contribution >= 0.6 is 0 Å². The van der Waals surface area contributed by atoms with Crippen molar-refractivity contribution in [1.82, 2.24) is 15.5 Å². The van der Waals surface area contributed by atoms with Crippen molar-refractivity contribution in [2.24, 2.45) is 5.41 Å². The number of hydrogen-bond donors (Lipinski definition) is 2. The number of nitrogens with one attached hydrogen (secondary N) is 2. The molecule has 0 aromatic rings. The molecular formula is C15H29N3O2. The van der Waals surface area contributed by atoms with Gasteiger partial charge >= 0.3 is 0 Å². The minimum Gasteiger partial charge on any atom is -0.352 e. The lowest BCUT2D eigenvalue weighted by Crippen LogP contribution is -2.57. The number of rotatable bonds is 5. The Kier molecular flexibility index (Phi) is 5.99. The first-order valence-corrected chi connectivity index (χ1v) is 7.59.